The molecule has 1 aliphatic heterocycles. The van der Waals surface area contributed by atoms with E-state index in [1.165, 1.54) is 25.7 Å². The van der Waals surface area contributed by atoms with Gasteiger partial charge in [-0.2, -0.15) is 0 Å². The first-order chi connectivity index (χ1) is 10.6. The molecule has 0 aromatic carbocycles. The maximum Gasteiger partial charge on any atom is 0.246 e. The van der Waals surface area contributed by atoms with Crippen LogP contribution in [0.1, 0.15) is 45.4 Å². The van der Waals surface area contributed by atoms with Gasteiger partial charge in [0, 0.05) is 32.7 Å². The number of hydrogen-bond donors (Lipinski definition) is 0. The van der Waals surface area contributed by atoms with Crippen molar-refractivity contribution in [3.63, 3.8) is 0 Å². The fourth-order valence-electron chi connectivity index (χ4n) is 2.73. The van der Waals surface area contributed by atoms with E-state index in [9.17, 15) is 4.79 Å². The second-order valence-corrected chi connectivity index (χ2v) is 6.58. The predicted octanol–water partition coefficient (Wildman–Crippen LogP) is 2.61. The largest absolute Gasteiger partial charge is 0.338 e. The highest BCUT2D eigenvalue weighted by Gasteiger charge is 2.17. The maximum absolute atomic E-state index is 12.2. The molecule has 4 nitrogen and oxygen atoms in total. The summed E-state index contributed by atoms with van der Waals surface area (Å²) in [6.45, 7) is 8.29. The molecule has 128 valence electrons. The van der Waals surface area contributed by atoms with Crippen LogP contribution in [0.25, 0.3) is 0 Å². The van der Waals surface area contributed by atoms with Gasteiger partial charge in [0.1, 0.15) is 0 Å². The number of unbranched alkanes of at least 4 members (excludes halogenated alkanes) is 4. The molecule has 1 rings (SSSR count). The zero-order valence-corrected chi connectivity index (χ0v) is 14.9. The summed E-state index contributed by atoms with van der Waals surface area (Å²) >= 11 is 0. The lowest BCUT2D eigenvalue weighted by molar-refractivity contribution is -0.125. The highest BCUT2D eigenvalue weighted by molar-refractivity contribution is 5.87. The van der Waals surface area contributed by atoms with E-state index in [1.807, 2.05) is 4.90 Å². The molecule has 1 aliphatic rings. The van der Waals surface area contributed by atoms with Crippen molar-refractivity contribution >= 4 is 5.91 Å². The summed E-state index contributed by atoms with van der Waals surface area (Å²) in [6, 6.07) is 0. The first-order valence-electron chi connectivity index (χ1n) is 8.96. The Hall–Kier alpha value is -0.870. The Kier molecular flexibility index (Phi) is 10.2. The molecule has 0 radical (unpaired) electrons. The van der Waals surface area contributed by atoms with E-state index in [2.05, 4.69) is 36.9 Å². The van der Waals surface area contributed by atoms with Gasteiger partial charge in [-0.3, -0.25) is 4.79 Å². The molecule has 4 heteroatoms. The lowest BCUT2D eigenvalue weighted by atomic mass is 10.1. The van der Waals surface area contributed by atoms with Crippen LogP contribution in [0.3, 0.4) is 0 Å². The van der Waals surface area contributed by atoms with E-state index >= 15 is 0 Å². The van der Waals surface area contributed by atoms with Gasteiger partial charge in [-0.15, -0.1) is 0 Å². The Morgan fingerprint density at radius 3 is 2.64 bits per heavy atom. The highest BCUT2D eigenvalue weighted by Crippen LogP contribution is 2.06. The van der Waals surface area contributed by atoms with Crippen molar-refractivity contribution in [2.24, 2.45) is 0 Å². The summed E-state index contributed by atoms with van der Waals surface area (Å²) < 4.78 is 0. The molecular formula is C18H35N3O. The average molecular weight is 309 g/mol. The molecule has 0 aromatic rings. The second kappa shape index (κ2) is 11.7. The maximum atomic E-state index is 12.2. The number of allylic oxidation sites excluding steroid dienone is 1. The summed E-state index contributed by atoms with van der Waals surface area (Å²) in [4.78, 5) is 18.9. The SMILES string of the molecule is CCCCCC/C=C/C(=O)N1CCCN(CCN(C)C)CC1. The number of hydrogen-bond acceptors (Lipinski definition) is 3. The summed E-state index contributed by atoms with van der Waals surface area (Å²) in [5.74, 6) is 0.199. The molecule has 0 saturated carbocycles. The monoisotopic (exact) mass is 309 g/mol. The molecule has 1 saturated heterocycles. The van der Waals surface area contributed by atoms with Gasteiger partial charge in [0.05, 0.1) is 0 Å². The number of amides is 1. The first kappa shape index (κ1) is 19.2. The Balaban J connectivity index is 2.24. The van der Waals surface area contributed by atoms with Gasteiger partial charge in [0.25, 0.3) is 0 Å². The molecule has 0 aliphatic carbocycles. The minimum Gasteiger partial charge on any atom is -0.338 e. The predicted molar refractivity (Wildman–Crippen MR) is 94.1 cm³/mol. The topological polar surface area (TPSA) is 26.8 Å². The van der Waals surface area contributed by atoms with Crippen LogP contribution in [0, 0.1) is 0 Å². The summed E-state index contributed by atoms with van der Waals surface area (Å²) in [5, 5.41) is 0. The van der Waals surface area contributed by atoms with Crippen molar-refractivity contribution in [2.75, 3.05) is 53.4 Å². The van der Waals surface area contributed by atoms with E-state index < -0.39 is 0 Å². The Morgan fingerprint density at radius 1 is 1.09 bits per heavy atom. The highest BCUT2D eigenvalue weighted by atomic mass is 16.2. The third-order valence-corrected chi connectivity index (χ3v) is 4.25. The molecule has 0 bridgehead atoms. The zero-order chi connectivity index (χ0) is 16.2. The van der Waals surface area contributed by atoms with Gasteiger partial charge < -0.3 is 14.7 Å². The Morgan fingerprint density at radius 2 is 1.91 bits per heavy atom. The fourth-order valence-corrected chi connectivity index (χ4v) is 2.73. The van der Waals surface area contributed by atoms with Gasteiger partial charge in [-0.25, -0.2) is 0 Å². The summed E-state index contributed by atoms with van der Waals surface area (Å²) in [7, 11) is 4.22. The van der Waals surface area contributed by atoms with E-state index in [0.717, 1.165) is 52.1 Å². The van der Waals surface area contributed by atoms with Crippen molar-refractivity contribution in [1.82, 2.24) is 14.7 Å². The first-order valence-corrected chi connectivity index (χ1v) is 8.96. The van der Waals surface area contributed by atoms with Crippen LogP contribution in [0.15, 0.2) is 12.2 Å². The number of rotatable bonds is 9. The molecule has 22 heavy (non-hydrogen) atoms. The lowest BCUT2D eigenvalue weighted by Crippen LogP contribution is -2.36. The van der Waals surface area contributed by atoms with Gasteiger partial charge in [-0.1, -0.05) is 32.3 Å². The Bertz CT molecular complexity index is 328. The van der Waals surface area contributed by atoms with Crippen molar-refractivity contribution in [1.29, 1.82) is 0 Å². The standard InChI is InChI=1S/C18H35N3O/c1-4-5-6-7-8-9-11-18(22)21-13-10-12-20(16-17-21)15-14-19(2)3/h9,11H,4-8,10,12-17H2,1-3H3/b11-9+. The fraction of sp³-hybridized carbons (Fsp3) is 0.833. The quantitative estimate of drug-likeness (QED) is 0.484. The van der Waals surface area contributed by atoms with Gasteiger partial charge >= 0.3 is 0 Å². The third kappa shape index (κ3) is 8.54. The number of nitrogens with zero attached hydrogens (tertiary/aromatic N) is 3. The van der Waals surface area contributed by atoms with Crippen LogP contribution >= 0.6 is 0 Å². The van der Waals surface area contributed by atoms with Crippen LogP contribution < -0.4 is 0 Å². The number of carbonyl (C=O) groups is 1. The van der Waals surface area contributed by atoms with Gasteiger partial charge in [-0.05, 0) is 46.0 Å². The third-order valence-electron chi connectivity index (χ3n) is 4.25. The molecule has 0 atom stereocenters. The van der Waals surface area contributed by atoms with Crippen molar-refractivity contribution < 1.29 is 4.79 Å². The number of carbonyl (C=O) groups excluding carboxylic acids is 1. The smallest absolute Gasteiger partial charge is 0.246 e. The van der Waals surface area contributed by atoms with E-state index in [4.69, 9.17) is 0 Å². The minimum atomic E-state index is 0.199. The van der Waals surface area contributed by atoms with Crippen LogP contribution in [0.2, 0.25) is 0 Å². The normalized spacial score (nSPS) is 17.4. The molecule has 0 N–H and O–H groups in total. The molecule has 0 aromatic heterocycles. The summed E-state index contributed by atoms with van der Waals surface area (Å²) in [5.41, 5.74) is 0. The van der Waals surface area contributed by atoms with E-state index in [0.29, 0.717) is 0 Å². The van der Waals surface area contributed by atoms with Crippen LogP contribution in [-0.4, -0.2) is 74.0 Å². The van der Waals surface area contributed by atoms with E-state index in [-0.39, 0.29) is 5.91 Å². The minimum absolute atomic E-state index is 0.199. The summed E-state index contributed by atoms with van der Waals surface area (Å²) in [6.07, 6.45) is 11.0. The lowest BCUT2D eigenvalue weighted by Gasteiger charge is -2.22. The van der Waals surface area contributed by atoms with Crippen LogP contribution in [-0.2, 0) is 4.79 Å². The van der Waals surface area contributed by atoms with Gasteiger partial charge in [0.2, 0.25) is 5.91 Å². The number of likely N-dealkylation sites (N-methyl/N-ethyl adjacent to an activating group) is 1. The van der Waals surface area contributed by atoms with E-state index in [1.54, 1.807) is 6.08 Å². The molecule has 1 fully saturated rings. The zero-order valence-electron chi connectivity index (χ0n) is 14.9. The molecular weight excluding hydrogens is 274 g/mol. The molecule has 0 unspecified atom stereocenters. The van der Waals surface area contributed by atoms with Gasteiger partial charge in [0.15, 0.2) is 0 Å². The van der Waals surface area contributed by atoms with Crippen LogP contribution in [0.4, 0.5) is 0 Å². The molecule has 0 spiro atoms. The second-order valence-electron chi connectivity index (χ2n) is 6.58. The van der Waals surface area contributed by atoms with Crippen LogP contribution in [0.5, 0.6) is 0 Å². The molecule has 1 heterocycles. The van der Waals surface area contributed by atoms with Crippen molar-refractivity contribution in [3.8, 4) is 0 Å². The average Bonchev–Trinajstić information content (AvgIpc) is 2.74. The molecule has 1 amide bonds. The van der Waals surface area contributed by atoms with Crippen molar-refractivity contribution in [3.05, 3.63) is 12.2 Å². The Labute approximate surface area is 137 Å². The van der Waals surface area contributed by atoms with Crippen molar-refractivity contribution in [2.45, 2.75) is 45.4 Å².